The molecule has 0 amide bonds. The molecule has 0 saturated carbocycles. The SMILES string of the molecule is Cc1ccc2oc(C(N)c3ccc(Br)c(Cl)c3F)cc2c1. The predicted octanol–water partition coefficient (Wildman–Crippen LogP) is 5.34. The lowest BCUT2D eigenvalue weighted by Gasteiger charge is -2.11. The van der Waals surface area contributed by atoms with E-state index in [4.69, 9.17) is 21.8 Å². The van der Waals surface area contributed by atoms with Crippen LogP contribution in [0, 0.1) is 12.7 Å². The third-order valence-corrected chi connectivity index (χ3v) is 4.66. The topological polar surface area (TPSA) is 39.2 Å². The van der Waals surface area contributed by atoms with Crippen LogP contribution >= 0.6 is 27.5 Å². The van der Waals surface area contributed by atoms with Crippen molar-refractivity contribution in [1.29, 1.82) is 0 Å². The predicted molar refractivity (Wildman–Crippen MR) is 86.1 cm³/mol. The molecule has 5 heteroatoms. The summed E-state index contributed by atoms with van der Waals surface area (Å²) in [6.07, 6.45) is 0. The highest BCUT2D eigenvalue weighted by atomic mass is 79.9. The molecule has 21 heavy (non-hydrogen) atoms. The molecule has 0 spiro atoms. The second kappa shape index (κ2) is 5.44. The smallest absolute Gasteiger partial charge is 0.148 e. The van der Waals surface area contributed by atoms with Crippen molar-refractivity contribution in [1.82, 2.24) is 0 Å². The minimum Gasteiger partial charge on any atom is -0.459 e. The molecule has 0 aliphatic carbocycles. The molecule has 3 aromatic rings. The fourth-order valence-corrected chi connectivity index (χ4v) is 2.75. The zero-order valence-corrected chi connectivity index (χ0v) is 13.5. The summed E-state index contributed by atoms with van der Waals surface area (Å²) in [5, 5.41) is 0.971. The fourth-order valence-electron chi connectivity index (χ4n) is 2.27. The van der Waals surface area contributed by atoms with E-state index in [1.807, 2.05) is 31.2 Å². The number of nitrogens with two attached hydrogens (primary N) is 1. The Balaban J connectivity index is 2.08. The van der Waals surface area contributed by atoms with E-state index in [0.717, 1.165) is 16.5 Å². The maximum Gasteiger partial charge on any atom is 0.148 e. The van der Waals surface area contributed by atoms with Gasteiger partial charge in [-0.25, -0.2) is 4.39 Å². The third kappa shape index (κ3) is 2.59. The summed E-state index contributed by atoms with van der Waals surface area (Å²) in [4.78, 5) is 0. The second-order valence-electron chi connectivity index (χ2n) is 4.93. The van der Waals surface area contributed by atoms with Crippen molar-refractivity contribution < 1.29 is 8.81 Å². The fraction of sp³-hybridized carbons (Fsp3) is 0.125. The Labute approximate surface area is 134 Å². The van der Waals surface area contributed by atoms with Gasteiger partial charge in [-0.2, -0.15) is 0 Å². The lowest BCUT2D eigenvalue weighted by atomic mass is 10.0. The highest BCUT2D eigenvalue weighted by molar-refractivity contribution is 9.10. The van der Waals surface area contributed by atoms with Gasteiger partial charge in [0.2, 0.25) is 0 Å². The first-order chi connectivity index (χ1) is 9.97. The minimum absolute atomic E-state index is 0.0231. The van der Waals surface area contributed by atoms with Crippen LogP contribution in [-0.4, -0.2) is 0 Å². The quantitative estimate of drug-likeness (QED) is 0.620. The van der Waals surface area contributed by atoms with E-state index in [9.17, 15) is 4.39 Å². The average Bonchev–Trinajstić information content (AvgIpc) is 2.87. The molecule has 3 rings (SSSR count). The van der Waals surface area contributed by atoms with Gasteiger partial charge in [-0.3, -0.25) is 0 Å². The van der Waals surface area contributed by atoms with Gasteiger partial charge < -0.3 is 10.2 Å². The summed E-state index contributed by atoms with van der Waals surface area (Å²) < 4.78 is 20.5. The molecule has 1 unspecified atom stereocenters. The normalized spacial score (nSPS) is 12.8. The van der Waals surface area contributed by atoms with Gasteiger partial charge >= 0.3 is 0 Å². The zero-order chi connectivity index (χ0) is 15.1. The molecule has 0 bridgehead atoms. The lowest BCUT2D eigenvalue weighted by Crippen LogP contribution is -2.13. The number of furan rings is 1. The van der Waals surface area contributed by atoms with Gasteiger partial charge in [0.25, 0.3) is 0 Å². The molecule has 0 fully saturated rings. The van der Waals surface area contributed by atoms with Crippen LogP contribution in [-0.2, 0) is 0 Å². The van der Waals surface area contributed by atoms with Crippen molar-refractivity contribution in [2.24, 2.45) is 5.73 Å². The third-order valence-electron chi connectivity index (χ3n) is 3.40. The first-order valence-electron chi connectivity index (χ1n) is 6.36. The first-order valence-corrected chi connectivity index (χ1v) is 7.53. The Kier molecular flexibility index (Phi) is 3.78. The molecular formula is C16H12BrClFNO. The molecule has 0 aliphatic heterocycles. The van der Waals surface area contributed by atoms with E-state index < -0.39 is 11.9 Å². The van der Waals surface area contributed by atoms with Crippen LogP contribution in [0.4, 0.5) is 4.39 Å². The van der Waals surface area contributed by atoms with E-state index >= 15 is 0 Å². The summed E-state index contributed by atoms with van der Waals surface area (Å²) in [7, 11) is 0. The summed E-state index contributed by atoms with van der Waals surface area (Å²) in [6.45, 7) is 2.00. The van der Waals surface area contributed by atoms with Crippen molar-refractivity contribution in [3.05, 3.63) is 68.6 Å². The highest BCUT2D eigenvalue weighted by Crippen LogP contribution is 2.33. The molecule has 2 nitrogen and oxygen atoms in total. The van der Waals surface area contributed by atoms with E-state index in [1.165, 1.54) is 0 Å². The number of rotatable bonds is 2. The summed E-state index contributed by atoms with van der Waals surface area (Å²) in [6, 6.07) is 10.2. The van der Waals surface area contributed by atoms with E-state index in [-0.39, 0.29) is 5.02 Å². The van der Waals surface area contributed by atoms with E-state index in [1.54, 1.807) is 12.1 Å². The van der Waals surface area contributed by atoms with E-state index in [0.29, 0.717) is 15.8 Å². The van der Waals surface area contributed by atoms with Gasteiger partial charge in [-0.15, -0.1) is 0 Å². The molecule has 1 heterocycles. The minimum atomic E-state index is -0.705. The summed E-state index contributed by atoms with van der Waals surface area (Å²) >= 11 is 9.09. The number of hydrogen-bond donors (Lipinski definition) is 1. The Bertz CT molecular complexity index is 831. The van der Waals surface area contributed by atoms with Crippen LogP contribution in [0.5, 0.6) is 0 Å². The van der Waals surface area contributed by atoms with Crippen LogP contribution in [0.15, 0.2) is 45.3 Å². The molecule has 0 aliphatic rings. The van der Waals surface area contributed by atoms with Crippen LogP contribution in [0.3, 0.4) is 0 Å². The second-order valence-corrected chi connectivity index (χ2v) is 6.16. The Morgan fingerprint density at radius 2 is 2.00 bits per heavy atom. The van der Waals surface area contributed by atoms with Crippen molar-refractivity contribution in [3.63, 3.8) is 0 Å². The zero-order valence-electron chi connectivity index (χ0n) is 11.2. The molecule has 0 radical (unpaired) electrons. The summed E-state index contributed by atoms with van der Waals surface area (Å²) in [5.41, 5.74) is 8.29. The summed E-state index contributed by atoms with van der Waals surface area (Å²) in [5.74, 6) is -0.0249. The van der Waals surface area contributed by atoms with Crippen LogP contribution in [0.25, 0.3) is 11.0 Å². The van der Waals surface area contributed by atoms with Crippen molar-refractivity contribution >= 4 is 38.5 Å². The molecule has 2 aromatic carbocycles. The van der Waals surface area contributed by atoms with Gasteiger partial charge in [0.1, 0.15) is 17.2 Å². The molecule has 2 N–H and O–H groups in total. The molecule has 1 aromatic heterocycles. The number of aryl methyl sites for hydroxylation is 1. The van der Waals surface area contributed by atoms with Gasteiger partial charge in [0.05, 0.1) is 11.1 Å². The van der Waals surface area contributed by atoms with Gasteiger partial charge in [-0.05, 0) is 47.1 Å². The van der Waals surface area contributed by atoms with Crippen molar-refractivity contribution in [3.8, 4) is 0 Å². The molecule has 108 valence electrons. The first kappa shape index (κ1) is 14.6. The van der Waals surface area contributed by atoms with E-state index in [2.05, 4.69) is 15.9 Å². The Hall–Kier alpha value is -1.36. The number of halogens is 3. The lowest BCUT2D eigenvalue weighted by molar-refractivity contribution is 0.510. The number of benzene rings is 2. The maximum atomic E-state index is 14.2. The monoisotopic (exact) mass is 367 g/mol. The van der Waals surface area contributed by atoms with Gasteiger partial charge in [0, 0.05) is 15.4 Å². The Morgan fingerprint density at radius 3 is 2.76 bits per heavy atom. The Morgan fingerprint density at radius 1 is 1.24 bits per heavy atom. The largest absolute Gasteiger partial charge is 0.459 e. The highest BCUT2D eigenvalue weighted by Gasteiger charge is 2.20. The van der Waals surface area contributed by atoms with Crippen LogP contribution in [0.2, 0.25) is 5.02 Å². The maximum absolute atomic E-state index is 14.2. The van der Waals surface area contributed by atoms with Gasteiger partial charge in [-0.1, -0.05) is 29.3 Å². The van der Waals surface area contributed by atoms with Crippen molar-refractivity contribution in [2.75, 3.05) is 0 Å². The molecule has 0 saturated heterocycles. The van der Waals surface area contributed by atoms with Gasteiger partial charge in [0.15, 0.2) is 0 Å². The van der Waals surface area contributed by atoms with Crippen molar-refractivity contribution in [2.45, 2.75) is 13.0 Å². The molecular weight excluding hydrogens is 357 g/mol. The van der Waals surface area contributed by atoms with Crippen LogP contribution in [0.1, 0.15) is 22.9 Å². The average molecular weight is 369 g/mol. The van der Waals surface area contributed by atoms with Crippen LogP contribution < -0.4 is 5.73 Å². The number of fused-ring (bicyclic) bond motifs is 1. The molecule has 1 atom stereocenters. The number of hydrogen-bond acceptors (Lipinski definition) is 2. The standard InChI is InChI=1S/C16H12BrClFNO/c1-8-2-5-12-9(6-8)7-13(21-12)16(20)10-3-4-11(17)14(18)15(10)19/h2-7,16H,20H2,1H3.